The summed E-state index contributed by atoms with van der Waals surface area (Å²) in [5, 5.41) is 0. The molecule has 2 heterocycles. The fraction of sp³-hybridized carbons (Fsp3) is 1.00. The Labute approximate surface area is 109 Å². The lowest BCUT2D eigenvalue weighted by Crippen LogP contribution is -2.56. The molecular weight excluding hydrogens is 254 g/mol. The van der Waals surface area contributed by atoms with E-state index in [1.807, 2.05) is 0 Å². The van der Waals surface area contributed by atoms with Gasteiger partial charge in [-0.25, -0.2) is 8.42 Å². The third-order valence-electron chi connectivity index (χ3n) is 3.88. The van der Waals surface area contributed by atoms with Gasteiger partial charge in [0.2, 0.25) is 0 Å². The number of morpholine rings is 1. The predicted octanol–water partition coefficient (Wildman–Crippen LogP) is -0.884. The van der Waals surface area contributed by atoms with Crippen molar-refractivity contribution in [1.29, 1.82) is 0 Å². The van der Waals surface area contributed by atoms with E-state index >= 15 is 0 Å². The van der Waals surface area contributed by atoms with Crippen LogP contribution in [0.4, 0.5) is 0 Å². The first-order valence-corrected chi connectivity index (χ1v) is 8.55. The van der Waals surface area contributed by atoms with Crippen LogP contribution in [0.15, 0.2) is 0 Å². The second-order valence-electron chi connectivity index (χ2n) is 5.35. The number of nitrogens with two attached hydrogens (primary N) is 1. The van der Waals surface area contributed by atoms with Crippen LogP contribution < -0.4 is 11.3 Å². The molecule has 0 radical (unpaired) electrons. The highest BCUT2D eigenvalue weighted by atomic mass is 32.2. The summed E-state index contributed by atoms with van der Waals surface area (Å²) in [6.07, 6.45) is 4.17. The highest BCUT2D eigenvalue weighted by Crippen LogP contribution is 2.24. The van der Waals surface area contributed by atoms with Gasteiger partial charge in [-0.3, -0.25) is 16.2 Å². The second kappa shape index (κ2) is 5.83. The minimum Gasteiger partial charge on any atom is -0.374 e. The molecule has 3 unspecified atom stereocenters. The van der Waals surface area contributed by atoms with Crippen molar-refractivity contribution in [2.45, 2.75) is 37.5 Å². The molecule has 3 N–H and O–H groups in total. The van der Waals surface area contributed by atoms with Crippen LogP contribution >= 0.6 is 0 Å². The van der Waals surface area contributed by atoms with Gasteiger partial charge in [-0.15, -0.1) is 0 Å². The molecule has 0 spiro atoms. The van der Waals surface area contributed by atoms with Crippen molar-refractivity contribution in [3.63, 3.8) is 0 Å². The molecule has 2 aliphatic heterocycles. The summed E-state index contributed by atoms with van der Waals surface area (Å²) in [7, 11) is -2.95. The van der Waals surface area contributed by atoms with E-state index in [-0.39, 0.29) is 17.9 Å². The molecule has 0 saturated carbocycles. The van der Waals surface area contributed by atoms with Gasteiger partial charge in [-0.05, 0) is 25.8 Å². The molecule has 0 amide bonds. The van der Waals surface area contributed by atoms with Crippen LogP contribution in [0.5, 0.6) is 0 Å². The molecule has 0 aromatic rings. The molecule has 6 nitrogen and oxygen atoms in total. The first-order valence-electron chi connectivity index (χ1n) is 6.49. The topological polar surface area (TPSA) is 84.7 Å². The summed E-state index contributed by atoms with van der Waals surface area (Å²) in [4.78, 5) is 2.43. The van der Waals surface area contributed by atoms with E-state index in [0.717, 1.165) is 19.7 Å². The molecule has 0 aromatic heterocycles. The highest BCUT2D eigenvalue weighted by molar-refractivity contribution is 7.90. The van der Waals surface area contributed by atoms with Crippen LogP contribution in [0, 0.1) is 0 Å². The first kappa shape index (κ1) is 14.2. The van der Waals surface area contributed by atoms with Crippen molar-refractivity contribution in [3.05, 3.63) is 0 Å². The Morgan fingerprint density at radius 2 is 2.33 bits per heavy atom. The average Bonchev–Trinajstić information content (AvgIpc) is 2.75. The van der Waals surface area contributed by atoms with Gasteiger partial charge in [0.25, 0.3) is 0 Å². The molecule has 2 fully saturated rings. The molecule has 2 aliphatic rings. The maximum Gasteiger partial charge on any atom is 0.147 e. The van der Waals surface area contributed by atoms with Gasteiger partial charge >= 0.3 is 0 Å². The Kier molecular flexibility index (Phi) is 4.60. The van der Waals surface area contributed by atoms with E-state index in [1.165, 1.54) is 19.1 Å². The zero-order valence-electron chi connectivity index (χ0n) is 10.8. The number of fused-ring (bicyclic) bond motifs is 1. The Morgan fingerprint density at radius 3 is 3.00 bits per heavy atom. The Morgan fingerprint density at radius 1 is 1.56 bits per heavy atom. The number of rotatable bonds is 5. The fourth-order valence-corrected chi connectivity index (χ4v) is 3.49. The lowest BCUT2D eigenvalue weighted by atomic mass is 10.1. The Balaban J connectivity index is 1.88. The zero-order chi connectivity index (χ0) is 13.2. The van der Waals surface area contributed by atoms with Crippen LogP contribution in [-0.4, -0.2) is 63.2 Å². The van der Waals surface area contributed by atoms with Crippen LogP contribution in [-0.2, 0) is 14.6 Å². The largest absolute Gasteiger partial charge is 0.374 e. The minimum atomic E-state index is -2.95. The first-order chi connectivity index (χ1) is 8.49. The number of hydrazine groups is 1. The van der Waals surface area contributed by atoms with Crippen LogP contribution in [0.3, 0.4) is 0 Å². The van der Waals surface area contributed by atoms with Crippen molar-refractivity contribution in [2.24, 2.45) is 5.84 Å². The molecule has 0 bridgehead atoms. The molecular formula is C11H23N3O3S. The molecule has 3 atom stereocenters. The number of nitrogens with one attached hydrogen (secondary N) is 1. The second-order valence-corrected chi connectivity index (χ2v) is 7.61. The van der Waals surface area contributed by atoms with Gasteiger partial charge in [0, 0.05) is 24.9 Å². The van der Waals surface area contributed by atoms with E-state index in [0.29, 0.717) is 12.5 Å². The van der Waals surface area contributed by atoms with Crippen LogP contribution in [0.1, 0.15) is 19.3 Å². The summed E-state index contributed by atoms with van der Waals surface area (Å²) in [5.41, 5.74) is 2.71. The third kappa shape index (κ3) is 3.64. The van der Waals surface area contributed by atoms with Crippen molar-refractivity contribution in [3.8, 4) is 0 Å². The molecule has 18 heavy (non-hydrogen) atoms. The quantitative estimate of drug-likeness (QED) is 0.501. The van der Waals surface area contributed by atoms with E-state index < -0.39 is 9.84 Å². The smallest absolute Gasteiger partial charge is 0.147 e. The summed E-state index contributed by atoms with van der Waals surface area (Å²) in [6, 6.07) is 0.454. The number of nitrogens with zero attached hydrogens (tertiary/aromatic N) is 1. The van der Waals surface area contributed by atoms with Gasteiger partial charge in [-0.2, -0.15) is 0 Å². The van der Waals surface area contributed by atoms with Crippen LogP contribution in [0.2, 0.25) is 0 Å². The molecule has 106 valence electrons. The lowest BCUT2D eigenvalue weighted by molar-refractivity contribution is -0.0648. The summed E-state index contributed by atoms with van der Waals surface area (Å²) in [5.74, 6) is 5.67. The van der Waals surface area contributed by atoms with Gasteiger partial charge in [0.15, 0.2) is 0 Å². The van der Waals surface area contributed by atoms with Crippen LogP contribution in [0.25, 0.3) is 0 Å². The molecule has 0 aliphatic carbocycles. The van der Waals surface area contributed by atoms with E-state index in [2.05, 4.69) is 10.3 Å². The summed E-state index contributed by atoms with van der Waals surface area (Å²) < 4.78 is 28.2. The lowest BCUT2D eigenvalue weighted by Gasteiger charge is -2.38. The fourth-order valence-electron chi connectivity index (χ4n) is 2.80. The third-order valence-corrected chi connectivity index (χ3v) is 4.86. The number of hydrogen-bond donors (Lipinski definition) is 2. The monoisotopic (exact) mass is 277 g/mol. The molecule has 7 heteroatoms. The summed E-state index contributed by atoms with van der Waals surface area (Å²) in [6.45, 7) is 2.71. The molecule has 2 rings (SSSR count). The van der Waals surface area contributed by atoms with Crippen molar-refractivity contribution in [2.75, 3.05) is 31.7 Å². The van der Waals surface area contributed by atoms with Gasteiger partial charge < -0.3 is 4.74 Å². The van der Waals surface area contributed by atoms with Crippen molar-refractivity contribution in [1.82, 2.24) is 10.3 Å². The number of sulfone groups is 1. The maximum atomic E-state index is 11.2. The molecule has 2 saturated heterocycles. The average molecular weight is 277 g/mol. The SMILES string of the molecule is CS(=O)(=O)CCC(NN)C1CN2CCCC2CO1. The van der Waals surface area contributed by atoms with E-state index in [1.54, 1.807) is 0 Å². The minimum absolute atomic E-state index is 0.00824. The van der Waals surface area contributed by atoms with Crippen molar-refractivity contribution < 1.29 is 13.2 Å². The Bertz CT molecular complexity index is 374. The highest BCUT2D eigenvalue weighted by Gasteiger charge is 2.35. The molecule has 0 aromatic carbocycles. The van der Waals surface area contributed by atoms with Gasteiger partial charge in [-0.1, -0.05) is 0 Å². The van der Waals surface area contributed by atoms with E-state index in [9.17, 15) is 8.42 Å². The Hall–Kier alpha value is -0.210. The number of hydrogen-bond acceptors (Lipinski definition) is 6. The van der Waals surface area contributed by atoms with Gasteiger partial charge in [0.05, 0.1) is 18.5 Å². The predicted molar refractivity (Wildman–Crippen MR) is 69.8 cm³/mol. The maximum absolute atomic E-state index is 11.2. The standard InChI is InChI=1S/C11H23N3O3S/c1-18(15,16)6-4-10(13-12)11-7-14-5-2-3-9(14)8-17-11/h9-11,13H,2-8,12H2,1H3. The normalized spacial score (nSPS) is 31.2. The van der Waals surface area contributed by atoms with E-state index in [4.69, 9.17) is 10.6 Å². The van der Waals surface area contributed by atoms with Gasteiger partial charge in [0.1, 0.15) is 9.84 Å². The zero-order valence-corrected chi connectivity index (χ0v) is 11.7. The number of ether oxygens (including phenoxy) is 1. The summed E-state index contributed by atoms with van der Waals surface area (Å²) >= 11 is 0. The van der Waals surface area contributed by atoms with Crippen molar-refractivity contribution >= 4 is 9.84 Å².